The van der Waals surface area contributed by atoms with Crippen LogP contribution in [-0.2, 0) is 6.18 Å². The molecule has 2 heterocycles. The third-order valence-electron chi connectivity index (χ3n) is 4.81. The summed E-state index contributed by atoms with van der Waals surface area (Å²) < 4.78 is 39.0. The van der Waals surface area contributed by atoms with Crippen molar-refractivity contribution in [1.82, 2.24) is 15.0 Å². The zero-order chi connectivity index (χ0) is 20.4. The fourth-order valence-electron chi connectivity index (χ4n) is 3.32. The van der Waals surface area contributed by atoms with Crippen molar-refractivity contribution in [2.75, 3.05) is 36.0 Å². The van der Waals surface area contributed by atoms with Gasteiger partial charge >= 0.3 is 6.18 Å². The normalized spacial score (nSPS) is 14.7. The van der Waals surface area contributed by atoms with Crippen LogP contribution < -0.4 is 9.80 Å². The van der Waals surface area contributed by atoms with Gasteiger partial charge in [-0.1, -0.05) is 24.3 Å². The number of anilines is 2. The molecule has 0 saturated carbocycles. The summed E-state index contributed by atoms with van der Waals surface area (Å²) in [6.07, 6.45) is -4.46. The first-order valence-electron chi connectivity index (χ1n) is 9.06. The van der Waals surface area contributed by atoms with Gasteiger partial charge in [0, 0.05) is 31.9 Å². The second kappa shape index (κ2) is 7.47. The Bertz CT molecular complexity index is 1030. The Labute approximate surface area is 165 Å². The molecule has 2 aromatic carbocycles. The van der Waals surface area contributed by atoms with Crippen molar-refractivity contribution < 1.29 is 13.2 Å². The van der Waals surface area contributed by atoms with Gasteiger partial charge in [0.25, 0.3) is 0 Å². The van der Waals surface area contributed by atoms with Crippen molar-refractivity contribution in [3.8, 4) is 11.8 Å². The van der Waals surface area contributed by atoms with Crippen molar-refractivity contribution in [2.45, 2.75) is 6.18 Å². The van der Waals surface area contributed by atoms with E-state index < -0.39 is 11.7 Å². The van der Waals surface area contributed by atoms with E-state index in [1.807, 2.05) is 41.3 Å². The van der Waals surface area contributed by atoms with E-state index in [4.69, 9.17) is 0 Å². The number of hydrogen-bond donors (Lipinski definition) is 0. The number of para-hydroxylation sites is 1. The molecule has 1 aromatic heterocycles. The van der Waals surface area contributed by atoms with Gasteiger partial charge in [-0.15, -0.1) is 15.0 Å². The molecule has 4 rings (SSSR count). The molecule has 148 valence electrons. The van der Waals surface area contributed by atoms with Gasteiger partial charge in [0.05, 0.1) is 11.3 Å². The van der Waals surface area contributed by atoms with Crippen molar-refractivity contribution in [3.63, 3.8) is 0 Å². The predicted octanol–water partition coefficient (Wildman–Crippen LogP) is 3.48. The molecule has 0 N–H and O–H groups in total. The summed E-state index contributed by atoms with van der Waals surface area (Å²) in [4.78, 5) is 5.27. The number of halogens is 3. The Kier molecular flexibility index (Phi) is 4.84. The number of nitrogens with zero attached hydrogens (tertiary/aromatic N) is 6. The summed E-state index contributed by atoms with van der Waals surface area (Å²) in [5.74, 6) is 0.387. The lowest BCUT2D eigenvalue weighted by Crippen LogP contribution is -2.47. The molecule has 0 radical (unpaired) electrons. The summed E-state index contributed by atoms with van der Waals surface area (Å²) in [5.41, 5.74) is 0.588. The van der Waals surface area contributed by atoms with E-state index >= 15 is 0 Å². The van der Waals surface area contributed by atoms with E-state index in [0.29, 0.717) is 18.9 Å². The van der Waals surface area contributed by atoms with Gasteiger partial charge in [0.1, 0.15) is 6.07 Å². The SMILES string of the molecule is N#Cc1nn(-c2cccc(C(F)(F)F)c2)nc1N1CCN(c2ccccc2)CC1. The number of aromatic nitrogens is 3. The monoisotopic (exact) mass is 398 g/mol. The maximum atomic E-state index is 13.0. The molecule has 0 aliphatic carbocycles. The Morgan fingerprint density at radius 3 is 2.14 bits per heavy atom. The van der Waals surface area contributed by atoms with Gasteiger partial charge in [-0.05, 0) is 30.3 Å². The highest BCUT2D eigenvalue weighted by molar-refractivity contribution is 5.53. The van der Waals surface area contributed by atoms with Gasteiger partial charge in [0.2, 0.25) is 5.69 Å². The first-order valence-corrected chi connectivity index (χ1v) is 9.06. The Balaban J connectivity index is 1.56. The van der Waals surface area contributed by atoms with Gasteiger partial charge in [-0.2, -0.15) is 18.4 Å². The lowest BCUT2D eigenvalue weighted by atomic mass is 10.2. The van der Waals surface area contributed by atoms with Crippen molar-refractivity contribution in [3.05, 3.63) is 65.9 Å². The molecule has 9 heteroatoms. The summed E-state index contributed by atoms with van der Waals surface area (Å²) >= 11 is 0. The molecule has 0 atom stereocenters. The molecular weight excluding hydrogens is 381 g/mol. The second-order valence-corrected chi connectivity index (χ2v) is 6.63. The third-order valence-corrected chi connectivity index (χ3v) is 4.81. The molecule has 6 nitrogen and oxygen atoms in total. The van der Waals surface area contributed by atoms with E-state index in [2.05, 4.69) is 15.1 Å². The maximum absolute atomic E-state index is 13.0. The predicted molar refractivity (Wildman–Crippen MR) is 102 cm³/mol. The topological polar surface area (TPSA) is 61.0 Å². The number of nitriles is 1. The molecule has 1 saturated heterocycles. The zero-order valence-electron chi connectivity index (χ0n) is 15.3. The molecular formula is C20H17F3N6. The van der Waals surface area contributed by atoms with Crippen LogP contribution in [0.5, 0.6) is 0 Å². The van der Waals surface area contributed by atoms with Crippen LogP contribution in [0.25, 0.3) is 5.69 Å². The minimum absolute atomic E-state index is 0.0931. The number of alkyl halides is 3. The molecule has 29 heavy (non-hydrogen) atoms. The van der Waals surface area contributed by atoms with Gasteiger partial charge in [-0.25, -0.2) is 0 Å². The standard InChI is InChI=1S/C20H17F3N6/c21-20(22,23)15-5-4-8-17(13-15)29-25-18(14-24)19(26-29)28-11-9-27(10-12-28)16-6-2-1-3-7-16/h1-8,13H,9-12H2. The lowest BCUT2D eigenvalue weighted by molar-refractivity contribution is -0.137. The summed E-state index contributed by atoms with van der Waals surface area (Å²) in [6, 6.07) is 16.7. The van der Waals surface area contributed by atoms with E-state index in [1.165, 1.54) is 12.1 Å². The van der Waals surface area contributed by atoms with E-state index in [0.717, 1.165) is 35.7 Å². The fraction of sp³-hybridized carbons (Fsp3) is 0.250. The minimum atomic E-state index is -4.46. The van der Waals surface area contributed by atoms with E-state index in [9.17, 15) is 18.4 Å². The minimum Gasteiger partial charge on any atom is -0.368 e. The number of hydrogen-bond acceptors (Lipinski definition) is 5. The van der Waals surface area contributed by atoms with Crippen LogP contribution in [-0.4, -0.2) is 41.2 Å². The Morgan fingerprint density at radius 2 is 1.48 bits per heavy atom. The largest absolute Gasteiger partial charge is 0.416 e. The Morgan fingerprint density at radius 1 is 0.828 bits per heavy atom. The highest BCUT2D eigenvalue weighted by Crippen LogP contribution is 2.30. The van der Waals surface area contributed by atoms with Crippen molar-refractivity contribution >= 4 is 11.5 Å². The molecule has 1 aliphatic heterocycles. The summed E-state index contributed by atoms with van der Waals surface area (Å²) in [5, 5.41) is 17.9. The van der Waals surface area contributed by atoms with Crippen LogP contribution >= 0.6 is 0 Å². The molecule has 3 aromatic rings. The quantitative estimate of drug-likeness (QED) is 0.676. The van der Waals surface area contributed by atoms with Gasteiger partial charge in [-0.3, -0.25) is 0 Å². The highest BCUT2D eigenvalue weighted by Gasteiger charge is 2.31. The number of piperazine rings is 1. The van der Waals surface area contributed by atoms with Crippen LogP contribution in [0, 0.1) is 11.3 Å². The molecule has 1 fully saturated rings. The van der Waals surface area contributed by atoms with Gasteiger partial charge in [0.15, 0.2) is 5.82 Å². The fourth-order valence-corrected chi connectivity index (χ4v) is 3.32. The third kappa shape index (κ3) is 3.87. The summed E-state index contributed by atoms with van der Waals surface area (Å²) in [7, 11) is 0. The van der Waals surface area contributed by atoms with Crippen LogP contribution in [0.15, 0.2) is 54.6 Å². The number of rotatable bonds is 3. The smallest absolute Gasteiger partial charge is 0.368 e. The molecule has 0 unspecified atom stereocenters. The van der Waals surface area contributed by atoms with Crippen LogP contribution in [0.1, 0.15) is 11.3 Å². The zero-order valence-corrected chi connectivity index (χ0v) is 15.3. The molecule has 1 aliphatic rings. The molecule has 0 amide bonds. The molecule has 0 spiro atoms. The van der Waals surface area contributed by atoms with Crippen LogP contribution in [0.3, 0.4) is 0 Å². The second-order valence-electron chi connectivity index (χ2n) is 6.63. The average Bonchev–Trinajstić information content (AvgIpc) is 3.19. The number of benzene rings is 2. The highest BCUT2D eigenvalue weighted by atomic mass is 19.4. The first kappa shape index (κ1) is 18.8. The molecule has 0 bridgehead atoms. The lowest BCUT2D eigenvalue weighted by Gasteiger charge is -2.36. The van der Waals surface area contributed by atoms with Crippen molar-refractivity contribution in [2.24, 2.45) is 0 Å². The van der Waals surface area contributed by atoms with E-state index in [-0.39, 0.29) is 11.4 Å². The van der Waals surface area contributed by atoms with Crippen LogP contribution in [0.2, 0.25) is 0 Å². The summed E-state index contributed by atoms with van der Waals surface area (Å²) in [6.45, 7) is 2.74. The van der Waals surface area contributed by atoms with Crippen LogP contribution in [0.4, 0.5) is 24.7 Å². The first-order chi connectivity index (χ1) is 14.0. The maximum Gasteiger partial charge on any atom is 0.416 e. The van der Waals surface area contributed by atoms with Crippen molar-refractivity contribution in [1.29, 1.82) is 5.26 Å². The van der Waals surface area contributed by atoms with E-state index in [1.54, 1.807) is 0 Å². The average molecular weight is 398 g/mol. The Hall–Kier alpha value is -3.54. The van der Waals surface area contributed by atoms with Gasteiger partial charge < -0.3 is 9.80 Å².